The zero-order chi connectivity index (χ0) is 18.7. The maximum atomic E-state index is 12.3. The highest BCUT2D eigenvalue weighted by molar-refractivity contribution is 5.94. The first-order valence-electron chi connectivity index (χ1n) is 8.70. The quantitative estimate of drug-likeness (QED) is 0.589. The van der Waals surface area contributed by atoms with Gasteiger partial charge in [0.1, 0.15) is 5.65 Å². The molecule has 0 saturated carbocycles. The molecule has 1 amide bonds. The lowest BCUT2D eigenvalue weighted by Crippen LogP contribution is -2.26. The van der Waals surface area contributed by atoms with Gasteiger partial charge >= 0.3 is 5.69 Å². The zero-order valence-electron chi connectivity index (χ0n) is 15.0. The molecule has 0 fully saturated rings. The third kappa shape index (κ3) is 3.67. The van der Waals surface area contributed by atoms with Crippen LogP contribution in [-0.4, -0.2) is 33.5 Å². The number of hydrogen-bond acceptors (Lipinski definition) is 4. The van der Waals surface area contributed by atoms with Crippen molar-refractivity contribution in [1.29, 1.82) is 0 Å². The number of H-pyrrole nitrogens is 1. The zero-order valence-corrected chi connectivity index (χ0v) is 15.0. The SMILES string of the molecule is CC(C)c1cc2cn(-c3ccc(C(=O)NCCCN)cc3)c(=O)nc2[nH]1. The smallest absolute Gasteiger partial charge is 0.352 e. The largest absolute Gasteiger partial charge is 0.354 e. The maximum Gasteiger partial charge on any atom is 0.354 e. The first-order chi connectivity index (χ1) is 12.5. The third-order valence-corrected chi connectivity index (χ3v) is 4.23. The average Bonchev–Trinajstić information content (AvgIpc) is 3.04. The van der Waals surface area contributed by atoms with Gasteiger partial charge in [0.15, 0.2) is 0 Å². The fraction of sp³-hybridized carbons (Fsp3) is 0.316. The monoisotopic (exact) mass is 353 g/mol. The maximum absolute atomic E-state index is 12.3. The highest BCUT2D eigenvalue weighted by Gasteiger charge is 2.10. The van der Waals surface area contributed by atoms with Crippen LogP contribution < -0.4 is 16.7 Å². The molecule has 0 saturated heterocycles. The molecular weight excluding hydrogens is 330 g/mol. The number of nitrogens with one attached hydrogen (secondary N) is 2. The summed E-state index contributed by atoms with van der Waals surface area (Å²) in [6.07, 6.45) is 2.50. The first kappa shape index (κ1) is 17.9. The van der Waals surface area contributed by atoms with E-state index in [4.69, 9.17) is 5.73 Å². The van der Waals surface area contributed by atoms with E-state index in [9.17, 15) is 9.59 Å². The summed E-state index contributed by atoms with van der Waals surface area (Å²) in [5.74, 6) is 0.169. The molecule has 1 aromatic carbocycles. The number of carbonyl (C=O) groups is 1. The highest BCUT2D eigenvalue weighted by Crippen LogP contribution is 2.19. The molecule has 2 heterocycles. The van der Waals surface area contributed by atoms with Crippen molar-refractivity contribution < 1.29 is 4.79 Å². The standard InChI is InChI=1S/C19H23N5O2/c1-12(2)16-10-14-11-24(19(26)23-17(14)22-16)15-6-4-13(5-7-15)18(25)21-9-3-8-20/h4-7,10-12H,3,8-9,20H2,1-2H3,(H,21,25)(H,22,23,26). The van der Waals surface area contributed by atoms with Crippen LogP contribution in [0.1, 0.15) is 42.2 Å². The van der Waals surface area contributed by atoms with Crippen molar-refractivity contribution in [3.05, 3.63) is 58.3 Å². The van der Waals surface area contributed by atoms with Crippen LogP contribution in [0.25, 0.3) is 16.7 Å². The highest BCUT2D eigenvalue weighted by atomic mass is 16.2. The molecule has 3 aromatic rings. The van der Waals surface area contributed by atoms with Gasteiger partial charge in [0.05, 0.1) is 5.69 Å². The van der Waals surface area contributed by atoms with Crippen molar-refractivity contribution in [3.8, 4) is 5.69 Å². The first-order valence-corrected chi connectivity index (χ1v) is 8.70. The summed E-state index contributed by atoms with van der Waals surface area (Å²) in [5, 5.41) is 3.68. The van der Waals surface area contributed by atoms with Crippen molar-refractivity contribution in [3.63, 3.8) is 0 Å². The molecule has 0 aliphatic rings. The Balaban J connectivity index is 1.87. The summed E-state index contributed by atoms with van der Waals surface area (Å²) in [7, 11) is 0. The topological polar surface area (TPSA) is 106 Å². The van der Waals surface area contributed by atoms with Crippen LogP contribution in [0.3, 0.4) is 0 Å². The van der Waals surface area contributed by atoms with Crippen LogP contribution in [-0.2, 0) is 0 Å². The Bertz CT molecular complexity index is 970. The predicted octanol–water partition coefficient (Wildman–Crippen LogP) is 1.92. The minimum atomic E-state index is -0.366. The van der Waals surface area contributed by atoms with Gasteiger partial charge in [0.2, 0.25) is 0 Å². The molecule has 26 heavy (non-hydrogen) atoms. The number of carbonyl (C=O) groups excluding carboxylic acids is 1. The van der Waals surface area contributed by atoms with E-state index < -0.39 is 0 Å². The Hall–Kier alpha value is -2.93. The number of amides is 1. The molecule has 7 heteroatoms. The molecule has 4 N–H and O–H groups in total. The Kier molecular flexibility index (Phi) is 5.18. The van der Waals surface area contributed by atoms with Crippen molar-refractivity contribution in [2.24, 2.45) is 5.73 Å². The second kappa shape index (κ2) is 7.53. The van der Waals surface area contributed by atoms with E-state index in [0.29, 0.717) is 35.9 Å². The van der Waals surface area contributed by atoms with E-state index in [-0.39, 0.29) is 11.6 Å². The second-order valence-corrected chi connectivity index (χ2v) is 6.52. The second-order valence-electron chi connectivity index (χ2n) is 6.52. The van der Waals surface area contributed by atoms with E-state index in [2.05, 4.69) is 29.1 Å². The summed E-state index contributed by atoms with van der Waals surface area (Å²) in [6.45, 7) is 5.24. The van der Waals surface area contributed by atoms with Gasteiger partial charge in [-0.2, -0.15) is 4.98 Å². The lowest BCUT2D eigenvalue weighted by atomic mass is 10.1. The van der Waals surface area contributed by atoms with Gasteiger partial charge in [-0.05, 0) is 49.2 Å². The number of benzene rings is 1. The molecule has 0 unspecified atom stereocenters. The fourth-order valence-electron chi connectivity index (χ4n) is 2.69. The van der Waals surface area contributed by atoms with E-state index in [1.807, 2.05) is 6.07 Å². The van der Waals surface area contributed by atoms with Gasteiger partial charge in [0.25, 0.3) is 5.91 Å². The summed E-state index contributed by atoms with van der Waals surface area (Å²) >= 11 is 0. The molecule has 0 radical (unpaired) electrons. The molecule has 136 valence electrons. The number of hydrogen-bond donors (Lipinski definition) is 3. The Morgan fingerprint density at radius 1 is 1.31 bits per heavy atom. The van der Waals surface area contributed by atoms with E-state index in [1.165, 1.54) is 4.57 Å². The van der Waals surface area contributed by atoms with Crippen LogP contribution >= 0.6 is 0 Å². The number of nitrogens with zero attached hydrogens (tertiary/aromatic N) is 2. The Labute approximate surface area is 151 Å². The number of nitrogens with two attached hydrogens (primary N) is 1. The van der Waals surface area contributed by atoms with Crippen LogP contribution in [0.2, 0.25) is 0 Å². The summed E-state index contributed by atoms with van der Waals surface area (Å²) < 4.78 is 1.48. The minimum Gasteiger partial charge on any atom is -0.352 e. The van der Waals surface area contributed by atoms with Gasteiger partial charge in [-0.3, -0.25) is 9.36 Å². The Morgan fingerprint density at radius 3 is 2.69 bits per heavy atom. The molecule has 2 aromatic heterocycles. The van der Waals surface area contributed by atoms with Gasteiger partial charge in [0, 0.05) is 29.4 Å². The molecule has 0 spiro atoms. The van der Waals surface area contributed by atoms with Crippen molar-refractivity contribution in [2.75, 3.05) is 13.1 Å². The normalized spacial score (nSPS) is 11.2. The summed E-state index contributed by atoms with van der Waals surface area (Å²) in [4.78, 5) is 31.7. The molecular formula is C19H23N5O2. The van der Waals surface area contributed by atoms with Gasteiger partial charge in [-0.25, -0.2) is 4.79 Å². The van der Waals surface area contributed by atoms with Crippen LogP contribution in [0.4, 0.5) is 0 Å². The van der Waals surface area contributed by atoms with E-state index in [1.54, 1.807) is 30.5 Å². The number of fused-ring (bicyclic) bond motifs is 1. The average molecular weight is 353 g/mol. The molecule has 0 aliphatic carbocycles. The van der Waals surface area contributed by atoms with E-state index in [0.717, 1.165) is 17.5 Å². The number of rotatable bonds is 6. The van der Waals surface area contributed by atoms with E-state index >= 15 is 0 Å². The fourth-order valence-corrected chi connectivity index (χ4v) is 2.69. The van der Waals surface area contributed by atoms with Crippen molar-refractivity contribution >= 4 is 16.9 Å². The van der Waals surface area contributed by atoms with Gasteiger partial charge in [-0.15, -0.1) is 0 Å². The van der Waals surface area contributed by atoms with Crippen LogP contribution in [0.5, 0.6) is 0 Å². The number of aromatic nitrogens is 3. The lowest BCUT2D eigenvalue weighted by Gasteiger charge is -2.07. The predicted molar refractivity (Wildman–Crippen MR) is 102 cm³/mol. The molecule has 0 atom stereocenters. The molecule has 3 rings (SSSR count). The van der Waals surface area contributed by atoms with Crippen LogP contribution in [0.15, 0.2) is 41.3 Å². The summed E-state index contributed by atoms with van der Waals surface area (Å²) in [5.41, 5.74) is 7.88. The van der Waals surface area contributed by atoms with Gasteiger partial charge in [-0.1, -0.05) is 13.8 Å². The lowest BCUT2D eigenvalue weighted by molar-refractivity contribution is 0.0953. The minimum absolute atomic E-state index is 0.155. The van der Waals surface area contributed by atoms with Crippen molar-refractivity contribution in [2.45, 2.75) is 26.2 Å². The van der Waals surface area contributed by atoms with Crippen molar-refractivity contribution in [1.82, 2.24) is 19.9 Å². The summed E-state index contributed by atoms with van der Waals surface area (Å²) in [6, 6.07) is 8.87. The van der Waals surface area contributed by atoms with Crippen LogP contribution in [0, 0.1) is 0 Å². The third-order valence-electron chi connectivity index (χ3n) is 4.23. The molecule has 0 aliphatic heterocycles. The molecule has 0 bridgehead atoms. The molecule has 7 nitrogen and oxygen atoms in total. The van der Waals surface area contributed by atoms with Gasteiger partial charge < -0.3 is 16.0 Å². The number of aromatic amines is 1. The Morgan fingerprint density at radius 2 is 2.04 bits per heavy atom.